The van der Waals surface area contributed by atoms with E-state index in [-0.39, 0.29) is 11.4 Å². The third-order valence-corrected chi connectivity index (χ3v) is 3.38. The van der Waals surface area contributed by atoms with Crippen LogP contribution in [0.2, 0.25) is 0 Å². The first-order valence-electron chi connectivity index (χ1n) is 6.20. The standard InChI is InChI=1S/C13H16FN3O3/c1-20-8-4-5-9(10(14)7-8)13(18)17-6-2-3-11(17)12(15)16-19/h4-5,7,11,19H,2-3,6H2,1H3,(H2,15,16). The van der Waals surface area contributed by atoms with E-state index >= 15 is 0 Å². The van der Waals surface area contributed by atoms with E-state index in [1.165, 1.54) is 24.1 Å². The molecule has 0 aromatic heterocycles. The summed E-state index contributed by atoms with van der Waals surface area (Å²) >= 11 is 0. The fraction of sp³-hybridized carbons (Fsp3) is 0.385. The molecule has 1 heterocycles. The van der Waals surface area contributed by atoms with E-state index in [2.05, 4.69) is 5.16 Å². The SMILES string of the molecule is COc1ccc(C(=O)N2CCCC2/C(N)=N/O)c(F)c1. The van der Waals surface area contributed by atoms with Gasteiger partial charge in [-0.15, -0.1) is 0 Å². The maximum Gasteiger partial charge on any atom is 0.257 e. The number of methoxy groups -OCH3 is 1. The number of oxime groups is 1. The van der Waals surface area contributed by atoms with Crippen LogP contribution in [0.5, 0.6) is 5.75 Å². The molecule has 1 unspecified atom stereocenters. The first-order valence-corrected chi connectivity index (χ1v) is 6.20. The molecule has 0 bridgehead atoms. The number of ether oxygens (including phenoxy) is 1. The lowest BCUT2D eigenvalue weighted by molar-refractivity contribution is 0.0763. The molecule has 1 saturated heterocycles. The highest BCUT2D eigenvalue weighted by molar-refractivity contribution is 5.98. The molecule has 1 aromatic carbocycles. The van der Waals surface area contributed by atoms with Crippen molar-refractivity contribution in [3.8, 4) is 5.75 Å². The molecule has 1 aliphatic rings. The lowest BCUT2D eigenvalue weighted by Gasteiger charge is -2.23. The van der Waals surface area contributed by atoms with Crippen LogP contribution in [0.4, 0.5) is 4.39 Å². The van der Waals surface area contributed by atoms with E-state index in [1.54, 1.807) is 0 Å². The van der Waals surface area contributed by atoms with E-state index in [0.717, 1.165) is 12.5 Å². The summed E-state index contributed by atoms with van der Waals surface area (Å²) in [6, 6.07) is 3.55. The van der Waals surface area contributed by atoms with Crippen molar-refractivity contribution in [2.24, 2.45) is 10.9 Å². The Balaban J connectivity index is 2.27. The monoisotopic (exact) mass is 281 g/mol. The molecule has 1 amide bonds. The van der Waals surface area contributed by atoms with Crippen molar-refractivity contribution in [3.63, 3.8) is 0 Å². The van der Waals surface area contributed by atoms with Crippen LogP contribution in [0, 0.1) is 5.82 Å². The second kappa shape index (κ2) is 5.77. The Bertz CT molecular complexity index is 548. The molecular weight excluding hydrogens is 265 g/mol. The van der Waals surface area contributed by atoms with Gasteiger partial charge in [0.15, 0.2) is 5.84 Å². The maximum atomic E-state index is 13.9. The second-order valence-corrected chi connectivity index (χ2v) is 4.53. The number of carbonyl (C=O) groups is 1. The highest BCUT2D eigenvalue weighted by Crippen LogP contribution is 2.23. The van der Waals surface area contributed by atoms with E-state index in [0.29, 0.717) is 18.7 Å². The predicted molar refractivity (Wildman–Crippen MR) is 70.4 cm³/mol. The minimum atomic E-state index is -0.653. The smallest absolute Gasteiger partial charge is 0.257 e. The second-order valence-electron chi connectivity index (χ2n) is 4.53. The van der Waals surface area contributed by atoms with E-state index in [4.69, 9.17) is 15.7 Å². The van der Waals surface area contributed by atoms with Crippen LogP contribution in [-0.2, 0) is 0 Å². The summed E-state index contributed by atoms with van der Waals surface area (Å²) in [4.78, 5) is 13.8. The lowest BCUT2D eigenvalue weighted by Crippen LogP contribution is -2.44. The number of hydrogen-bond donors (Lipinski definition) is 2. The molecule has 6 nitrogen and oxygen atoms in total. The number of halogens is 1. The normalized spacial score (nSPS) is 19.2. The van der Waals surface area contributed by atoms with Crippen LogP contribution in [0.1, 0.15) is 23.2 Å². The molecule has 0 aliphatic carbocycles. The average Bonchev–Trinajstić information content (AvgIpc) is 2.94. The molecule has 1 atom stereocenters. The summed E-state index contributed by atoms with van der Waals surface area (Å²) in [6.07, 6.45) is 1.32. The van der Waals surface area contributed by atoms with Gasteiger partial charge in [0.1, 0.15) is 11.6 Å². The topological polar surface area (TPSA) is 88.2 Å². The van der Waals surface area contributed by atoms with Gasteiger partial charge in [-0.1, -0.05) is 5.16 Å². The van der Waals surface area contributed by atoms with E-state index in [1.807, 2.05) is 0 Å². The van der Waals surface area contributed by atoms with Crippen molar-refractivity contribution in [1.29, 1.82) is 0 Å². The quantitative estimate of drug-likeness (QED) is 0.377. The lowest BCUT2D eigenvalue weighted by atomic mass is 10.1. The Labute approximate surface area is 115 Å². The molecule has 1 fully saturated rings. The highest BCUT2D eigenvalue weighted by Gasteiger charge is 2.33. The van der Waals surface area contributed by atoms with Crippen molar-refractivity contribution in [2.45, 2.75) is 18.9 Å². The first kappa shape index (κ1) is 14.1. The summed E-state index contributed by atoms with van der Waals surface area (Å²) in [5.41, 5.74) is 5.51. The summed E-state index contributed by atoms with van der Waals surface area (Å²) in [6.45, 7) is 0.450. The van der Waals surface area contributed by atoms with Crippen LogP contribution in [0.25, 0.3) is 0 Å². The number of carbonyl (C=O) groups excluding carboxylic acids is 1. The molecule has 0 spiro atoms. The summed E-state index contributed by atoms with van der Waals surface area (Å²) in [5.74, 6) is -0.822. The molecule has 1 aliphatic heterocycles. The van der Waals surface area contributed by atoms with Crippen molar-refractivity contribution in [3.05, 3.63) is 29.6 Å². The third-order valence-electron chi connectivity index (χ3n) is 3.38. The zero-order chi connectivity index (χ0) is 14.7. The first-order chi connectivity index (χ1) is 9.58. The van der Waals surface area contributed by atoms with Gasteiger partial charge in [-0.3, -0.25) is 4.79 Å². The summed E-state index contributed by atoms with van der Waals surface area (Å²) in [7, 11) is 1.42. The van der Waals surface area contributed by atoms with Crippen molar-refractivity contribution in [1.82, 2.24) is 4.90 Å². The van der Waals surface area contributed by atoms with Crippen molar-refractivity contribution in [2.75, 3.05) is 13.7 Å². The molecule has 0 saturated carbocycles. The number of amidine groups is 1. The predicted octanol–water partition coefficient (Wildman–Crippen LogP) is 1.19. The van der Waals surface area contributed by atoms with Gasteiger partial charge in [0.25, 0.3) is 5.91 Å². The average molecular weight is 281 g/mol. The van der Waals surface area contributed by atoms with Gasteiger partial charge in [0.05, 0.1) is 18.7 Å². The fourth-order valence-electron chi connectivity index (χ4n) is 2.33. The number of rotatable bonds is 3. The Morgan fingerprint density at radius 3 is 2.95 bits per heavy atom. The van der Waals surface area contributed by atoms with Gasteiger partial charge < -0.3 is 20.6 Å². The molecule has 3 N–H and O–H groups in total. The van der Waals surface area contributed by atoms with Crippen molar-refractivity contribution < 1.29 is 19.1 Å². The number of nitrogens with zero attached hydrogens (tertiary/aromatic N) is 2. The highest BCUT2D eigenvalue weighted by atomic mass is 19.1. The Kier molecular flexibility index (Phi) is 4.07. The molecule has 20 heavy (non-hydrogen) atoms. The minimum Gasteiger partial charge on any atom is -0.497 e. The number of likely N-dealkylation sites (tertiary alicyclic amines) is 1. The molecule has 0 radical (unpaired) electrons. The van der Waals surface area contributed by atoms with Gasteiger partial charge in [0.2, 0.25) is 0 Å². The van der Waals surface area contributed by atoms with Crippen molar-refractivity contribution >= 4 is 11.7 Å². The fourth-order valence-corrected chi connectivity index (χ4v) is 2.33. The number of hydrogen-bond acceptors (Lipinski definition) is 4. The van der Waals surface area contributed by atoms with Gasteiger partial charge in [-0.2, -0.15) is 0 Å². The van der Waals surface area contributed by atoms with Gasteiger partial charge >= 0.3 is 0 Å². The zero-order valence-electron chi connectivity index (χ0n) is 11.0. The van der Waals surface area contributed by atoms with Gasteiger partial charge in [0, 0.05) is 12.6 Å². The zero-order valence-corrected chi connectivity index (χ0v) is 11.0. The van der Waals surface area contributed by atoms with Gasteiger partial charge in [-0.05, 0) is 25.0 Å². The van der Waals surface area contributed by atoms with Crippen LogP contribution in [0.3, 0.4) is 0 Å². The molecule has 108 valence electrons. The number of amides is 1. The van der Waals surface area contributed by atoms with E-state index < -0.39 is 17.8 Å². The van der Waals surface area contributed by atoms with Crippen LogP contribution < -0.4 is 10.5 Å². The molecular formula is C13H16FN3O3. The molecule has 1 aromatic rings. The largest absolute Gasteiger partial charge is 0.497 e. The van der Waals surface area contributed by atoms with Crippen LogP contribution in [0.15, 0.2) is 23.4 Å². The summed E-state index contributed by atoms with van der Waals surface area (Å²) in [5, 5.41) is 11.7. The summed E-state index contributed by atoms with van der Waals surface area (Å²) < 4.78 is 18.8. The Morgan fingerprint density at radius 2 is 2.35 bits per heavy atom. The number of benzene rings is 1. The third kappa shape index (κ3) is 2.52. The van der Waals surface area contributed by atoms with E-state index in [9.17, 15) is 9.18 Å². The maximum absolute atomic E-state index is 13.9. The minimum absolute atomic E-state index is 0.0373. The Morgan fingerprint density at radius 1 is 1.60 bits per heavy atom. The van der Waals surface area contributed by atoms with Crippen LogP contribution in [-0.4, -0.2) is 41.5 Å². The van der Waals surface area contributed by atoms with Gasteiger partial charge in [-0.25, -0.2) is 4.39 Å². The molecule has 2 rings (SSSR count). The van der Waals surface area contributed by atoms with Crippen LogP contribution >= 0.6 is 0 Å². The molecule has 7 heteroatoms. The number of nitrogens with two attached hydrogens (primary N) is 1. The Hall–Kier alpha value is -2.31.